The van der Waals surface area contributed by atoms with Crippen molar-refractivity contribution in [3.05, 3.63) is 95.1 Å². The van der Waals surface area contributed by atoms with Crippen molar-refractivity contribution in [3.8, 4) is 0 Å². The summed E-state index contributed by atoms with van der Waals surface area (Å²) >= 11 is 0. The topological polar surface area (TPSA) is 71.5 Å². The molecule has 1 fully saturated rings. The van der Waals surface area contributed by atoms with Gasteiger partial charge in [0.2, 0.25) is 0 Å². The highest BCUT2D eigenvalue weighted by molar-refractivity contribution is 7.91. The summed E-state index contributed by atoms with van der Waals surface area (Å²) in [4.78, 5) is 3.03. The van der Waals surface area contributed by atoms with E-state index in [-0.39, 0.29) is 15.7 Å². The van der Waals surface area contributed by atoms with E-state index in [0.717, 1.165) is 50.0 Å². The van der Waals surface area contributed by atoms with Gasteiger partial charge in [-0.3, -0.25) is 0 Å². The normalized spacial score (nSPS) is 15.9. The molecule has 0 spiro atoms. The highest BCUT2D eigenvalue weighted by Gasteiger charge is 2.23. The molecule has 0 radical (unpaired) electrons. The molecule has 3 aromatic carbocycles. The first kappa shape index (κ1) is 26.6. The smallest absolute Gasteiger partial charge is 0.175 e. The molecule has 36 heavy (non-hydrogen) atoms. The van der Waals surface area contributed by atoms with E-state index in [9.17, 15) is 16.8 Å². The van der Waals surface area contributed by atoms with E-state index >= 15 is 0 Å². The SMILES string of the molecule is Cc1cccc(C2CCN(CCC(c3cccc(S(C)(=O)=O)c3)c3cccc(S(C)(=O)=O)c3)CC2)c1. The van der Waals surface area contributed by atoms with Gasteiger partial charge in [0.1, 0.15) is 0 Å². The Bertz CT molecular complexity index is 1350. The first-order valence-corrected chi connectivity index (χ1v) is 16.2. The summed E-state index contributed by atoms with van der Waals surface area (Å²) in [5.41, 5.74) is 4.49. The lowest BCUT2D eigenvalue weighted by atomic mass is 9.86. The third-order valence-corrected chi connectivity index (χ3v) is 9.43. The molecule has 4 rings (SSSR count). The zero-order valence-electron chi connectivity index (χ0n) is 21.2. The van der Waals surface area contributed by atoms with Crippen LogP contribution in [0.1, 0.15) is 53.4 Å². The highest BCUT2D eigenvalue weighted by Crippen LogP contribution is 2.33. The van der Waals surface area contributed by atoms with Crippen LogP contribution in [0.3, 0.4) is 0 Å². The third-order valence-electron chi connectivity index (χ3n) is 7.21. The first-order valence-electron chi connectivity index (χ1n) is 12.4. The first-order chi connectivity index (χ1) is 17.0. The summed E-state index contributed by atoms with van der Waals surface area (Å²) in [6, 6.07) is 22.9. The maximum Gasteiger partial charge on any atom is 0.175 e. The van der Waals surface area contributed by atoms with Gasteiger partial charge in [-0.05, 0) is 92.7 Å². The number of benzene rings is 3. The van der Waals surface area contributed by atoms with Gasteiger partial charge in [0.15, 0.2) is 19.7 Å². The van der Waals surface area contributed by atoms with Gasteiger partial charge in [0.05, 0.1) is 9.79 Å². The number of sulfone groups is 2. The Labute approximate surface area is 216 Å². The molecule has 0 aromatic heterocycles. The highest BCUT2D eigenvalue weighted by atomic mass is 32.2. The molecule has 0 atom stereocenters. The van der Waals surface area contributed by atoms with Gasteiger partial charge < -0.3 is 4.90 Å². The van der Waals surface area contributed by atoms with E-state index in [2.05, 4.69) is 36.1 Å². The van der Waals surface area contributed by atoms with Crippen LogP contribution in [-0.4, -0.2) is 53.9 Å². The van der Waals surface area contributed by atoms with Crippen LogP contribution in [0, 0.1) is 6.92 Å². The Balaban J connectivity index is 1.54. The van der Waals surface area contributed by atoms with Crippen LogP contribution in [0.15, 0.2) is 82.6 Å². The molecular weight excluding hydrogens is 490 g/mol. The molecule has 192 valence electrons. The Morgan fingerprint density at radius 2 is 1.31 bits per heavy atom. The molecule has 5 nitrogen and oxygen atoms in total. The quantitative estimate of drug-likeness (QED) is 0.404. The van der Waals surface area contributed by atoms with Crippen LogP contribution >= 0.6 is 0 Å². The van der Waals surface area contributed by atoms with Crippen molar-refractivity contribution < 1.29 is 16.8 Å². The lowest BCUT2D eigenvalue weighted by Crippen LogP contribution is -2.34. The summed E-state index contributed by atoms with van der Waals surface area (Å²) in [7, 11) is -6.70. The molecule has 1 aliphatic heterocycles. The summed E-state index contributed by atoms with van der Waals surface area (Å²) in [5.74, 6) is 0.470. The molecule has 1 saturated heterocycles. The van der Waals surface area contributed by atoms with Gasteiger partial charge >= 0.3 is 0 Å². The Kier molecular flexibility index (Phi) is 8.03. The van der Waals surface area contributed by atoms with Crippen molar-refractivity contribution in [2.24, 2.45) is 0 Å². The minimum Gasteiger partial charge on any atom is -0.303 e. The Morgan fingerprint density at radius 3 is 1.81 bits per heavy atom. The van der Waals surface area contributed by atoms with Crippen LogP contribution in [0.5, 0.6) is 0 Å². The van der Waals surface area contributed by atoms with Crippen LogP contribution in [0.4, 0.5) is 0 Å². The number of nitrogens with zero attached hydrogens (tertiary/aromatic N) is 1. The Morgan fingerprint density at radius 1 is 0.778 bits per heavy atom. The minimum absolute atomic E-state index is 0.108. The lowest BCUT2D eigenvalue weighted by molar-refractivity contribution is 0.207. The van der Waals surface area contributed by atoms with Gasteiger partial charge in [0.25, 0.3) is 0 Å². The number of hydrogen-bond donors (Lipinski definition) is 0. The number of hydrogen-bond acceptors (Lipinski definition) is 5. The summed E-state index contributed by atoms with van der Waals surface area (Å²) in [6.07, 6.45) is 5.42. The van der Waals surface area contributed by atoms with E-state index in [1.165, 1.54) is 23.6 Å². The fraction of sp³-hybridized carbons (Fsp3) is 0.379. The zero-order chi connectivity index (χ0) is 25.9. The van der Waals surface area contributed by atoms with Gasteiger partial charge in [-0.15, -0.1) is 0 Å². The molecule has 0 aliphatic carbocycles. The molecule has 0 saturated carbocycles. The number of piperidine rings is 1. The molecule has 7 heteroatoms. The van der Waals surface area contributed by atoms with Crippen molar-refractivity contribution in [1.82, 2.24) is 4.90 Å². The van der Waals surface area contributed by atoms with Crippen LogP contribution in [-0.2, 0) is 19.7 Å². The van der Waals surface area contributed by atoms with Gasteiger partial charge in [-0.1, -0.05) is 54.1 Å². The average molecular weight is 526 g/mol. The standard InChI is InChI=1S/C29H35NO4S2/c1-22-7-4-8-24(19-22)23-13-16-30(17-14-23)18-15-29(25-9-5-11-27(20-25)35(2,31)32)26-10-6-12-28(21-26)36(3,33)34/h4-12,19-21,23,29H,13-18H2,1-3H3. The van der Waals surface area contributed by atoms with Crippen molar-refractivity contribution in [3.63, 3.8) is 0 Å². The van der Waals surface area contributed by atoms with Crippen LogP contribution < -0.4 is 0 Å². The zero-order valence-corrected chi connectivity index (χ0v) is 22.9. The lowest BCUT2D eigenvalue weighted by Gasteiger charge is -2.33. The molecule has 1 aliphatic rings. The number of aryl methyl sites for hydroxylation is 1. The van der Waals surface area contributed by atoms with Crippen molar-refractivity contribution in [2.45, 2.75) is 47.8 Å². The monoisotopic (exact) mass is 525 g/mol. The molecule has 1 heterocycles. The molecule has 0 N–H and O–H groups in total. The van der Waals surface area contributed by atoms with Crippen molar-refractivity contribution in [1.29, 1.82) is 0 Å². The summed E-state index contributed by atoms with van der Waals surface area (Å²) in [5, 5.41) is 0. The average Bonchev–Trinajstić information content (AvgIpc) is 2.84. The number of rotatable bonds is 8. The van der Waals surface area contributed by atoms with E-state index in [1.54, 1.807) is 36.4 Å². The molecule has 3 aromatic rings. The van der Waals surface area contributed by atoms with E-state index in [0.29, 0.717) is 5.92 Å². The summed E-state index contributed by atoms with van der Waals surface area (Å²) in [6.45, 7) is 5.02. The molecule has 0 amide bonds. The van der Waals surface area contributed by atoms with Gasteiger partial charge in [0, 0.05) is 18.4 Å². The van der Waals surface area contributed by atoms with Crippen molar-refractivity contribution in [2.75, 3.05) is 32.1 Å². The largest absolute Gasteiger partial charge is 0.303 e. The maximum atomic E-state index is 12.2. The van der Waals surface area contributed by atoms with Crippen molar-refractivity contribution >= 4 is 19.7 Å². The van der Waals surface area contributed by atoms with E-state index in [4.69, 9.17) is 0 Å². The second-order valence-corrected chi connectivity index (χ2v) is 14.1. The van der Waals surface area contributed by atoms with Gasteiger partial charge in [-0.2, -0.15) is 0 Å². The summed E-state index contributed by atoms with van der Waals surface area (Å²) < 4.78 is 48.9. The predicted molar refractivity (Wildman–Crippen MR) is 145 cm³/mol. The third kappa shape index (κ3) is 6.64. The Hall–Kier alpha value is -2.48. The van der Waals surface area contributed by atoms with Crippen LogP contribution in [0.2, 0.25) is 0 Å². The maximum absolute atomic E-state index is 12.2. The van der Waals surface area contributed by atoms with E-state index < -0.39 is 19.7 Å². The minimum atomic E-state index is -3.35. The fourth-order valence-electron chi connectivity index (χ4n) is 5.18. The van der Waals surface area contributed by atoms with E-state index in [1.807, 2.05) is 12.1 Å². The fourth-order valence-corrected chi connectivity index (χ4v) is 6.53. The number of likely N-dealkylation sites (tertiary alicyclic amines) is 1. The molecule has 0 unspecified atom stereocenters. The van der Waals surface area contributed by atoms with Crippen LogP contribution in [0.25, 0.3) is 0 Å². The molecular formula is C29H35NO4S2. The van der Waals surface area contributed by atoms with Gasteiger partial charge in [-0.25, -0.2) is 16.8 Å². The second-order valence-electron chi connectivity index (χ2n) is 10.1. The predicted octanol–water partition coefficient (Wildman–Crippen LogP) is 5.20. The molecule has 0 bridgehead atoms. The second kappa shape index (κ2) is 10.9.